The van der Waals surface area contributed by atoms with Crippen molar-refractivity contribution >= 4 is 28.4 Å². The monoisotopic (exact) mass is 502 g/mol. The second-order valence-corrected chi connectivity index (χ2v) is 8.16. The molecule has 0 saturated carbocycles. The fourth-order valence-corrected chi connectivity index (χ4v) is 4.01. The number of hydrogen-bond acceptors (Lipinski definition) is 6. The third kappa shape index (κ3) is 4.53. The van der Waals surface area contributed by atoms with E-state index in [2.05, 4.69) is 14.7 Å². The minimum atomic E-state index is -5.26. The molecule has 4 aromatic rings. The van der Waals surface area contributed by atoms with Crippen molar-refractivity contribution in [2.45, 2.75) is 24.9 Å². The summed E-state index contributed by atoms with van der Waals surface area (Å²) in [5.41, 5.74) is 1.08. The lowest BCUT2D eigenvalue weighted by Gasteiger charge is -2.35. The Bertz CT molecular complexity index is 1460. The van der Waals surface area contributed by atoms with E-state index in [1.165, 1.54) is 11.0 Å². The van der Waals surface area contributed by atoms with Crippen LogP contribution in [0.4, 0.5) is 17.6 Å². The van der Waals surface area contributed by atoms with Crippen LogP contribution in [-0.2, 0) is 4.79 Å². The highest BCUT2D eigenvalue weighted by molar-refractivity contribution is 5.99. The highest BCUT2D eigenvalue weighted by Gasteiger charge is 2.42. The van der Waals surface area contributed by atoms with Crippen molar-refractivity contribution in [3.8, 4) is 11.6 Å². The second kappa shape index (κ2) is 9.10. The number of likely N-dealkylation sites (tertiary alicyclic amines) is 1. The summed E-state index contributed by atoms with van der Waals surface area (Å²) in [5.74, 6) is -3.95. The minimum absolute atomic E-state index is 0.0702. The van der Waals surface area contributed by atoms with Gasteiger partial charge in [-0.2, -0.15) is 13.2 Å². The number of esters is 1. The Morgan fingerprint density at radius 3 is 2.69 bits per heavy atom. The summed E-state index contributed by atoms with van der Waals surface area (Å²) in [7, 11) is 0. The standard InChI is InChI=1S/C24H18F4N4O4/c25-16-7-10-32(22(33)15-5-3-9-31-11-8-29-20(15)31)13-19(16)35-21-18(36-23(34)24(26,27)28)12-14-4-1-2-6-17(14)30-21/h1-6,8-9,11-12,16,19H,7,10,13H2/t16-,19-/m0/s1. The Kier molecular flexibility index (Phi) is 5.94. The molecule has 1 aliphatic heterocycles. The van der Waals surface area contributed by atoms with E-state index < -0.39 is 42.0 Å². The number of nitrogens with zero attached hydrogens (tertiary/aromatic N) is 4. The van der Waals surface area contributed by atoms with Crippen molar-refractivity contribution in [1.29, 1.82) is 0 Å². The Morgan fingerprint density at radius 1 is 1.08 bits per heavy atom. The van der Waals surface area contributed by atoms with E-state index in [1.807, 2.05) is 0 Å². The smallest absolute Gasteiger partial charge is 0.467 e. The molecule has 3 aromatic heterocycles. The van der Waals surface area contributed by atoms with Gasteiger partial charge in [0.1, 0.15) is 17.9 Å². The van der Waals surface area contributed by atoms with Crippen molar-refractivity contribution in [2.75, 3.05) is 13.1 Å². The Hall–Kier alpha value is -4.22. The number of para-hydroxylation sites is 1. The fraction of sp³-hybridized carbons (Fsp3) is 0.250. The molecule has 1 fully saturated rings. The lowest BCUT2D eigenvalue weighted by molar-refractivity contribution is -0.189. The van der Waals surface area contributed by atoms with Crippen LogP contribution in [0.3, 0.4) is 0 Å². The molecule has 0 N–H and O–H groups in total. The Labute approximate surface area is 201 Å². The number of carbonyl (C=O) groups is 2. The van der Waals surface area contributed by atoms with Crippen LogP contribution in [0.15, 0.2) is 61.1 Å². The molecule has 5 rings (SSSR count). The van der Waals surface area contributed by atoms with Crippen LogP contribution in [0.1, 0.15) is 16.8 Å². The summed E-state index contributed by atoms with van der Waals surface area (Å²) >= 11 is 0. The molecule has 8 nitrogen and oxygen atoms in total. The summed E-state index contributed by atoms with van der Waals surface area (Å²) in [6, 6.07) is 10.9. The summed E-state index contributed by atoms with van der Waals surface area (Å²) < 4.78 is 65.3. The molecular formula is C24H18F4N4O4. The number of piperidine rings is 1. The van der Waals surface area contributed by atoms with Crippen molar-refractivity contribution in [3.63, 3.8) is 0 Å². The van der Waals surface area contributed by atoms with Crippen LogP contribution in [-0.4, -0.2) is 62.7 Å². The molecule has 4 heterocycles. The molecule has 1 amide bonds. The van der Waals surface area contributed by atoms with Crippen LogP contribution >= 0.6 is 0 Å². The molecule has 0 unspecified atom stereocenters. The van der Waals surface area contributed by atoms with Gasteiger partial charge in [-0.1, -0.05) is 18.2 Å². The van der Waals surface area contributed by atoms with E-state index in [-0.39, 0.29) is 19.5 Å². The number of pyridine rings is 2. The maximum absolute atomic E-state index is 14.9. The number of benzene rings is 1. The van der Waals surface area contributed by atoms with Gasteiger partial charge in [0.05, 0.1) is 17.6 Å². The van der Waals surface area contributed by atoms with Gasteiger partial charge in [-0.25, -0.2) is 19.2 Å². The molecule has 0 spiro atoms. The van der Waals surface area contributed by atoms with E-state index in [1.54, 1.807) is 59.4 Å². The predicted octanol–water partition coefficient (Wildman–Crippen LogP) is 3.98. The molecule has 36 heavy (non-hydrogen) atoms. The molecule has 12 heteroatoms. The van der Waals surface area contributed by atoms with Crippen LogP contribution in [0.25, 0.3) is 16.6 Å². The average Bonchev–Trinajstić information content (AvgIpc) is 3.34. The van der Waals surface area contributed by atoms with E-state index >= 15 is 0 Å². The van der Waals surface area contributed by atoms with Crippen molar-refractivity contribution < 1.29 is 36.6 Å². The highest BCUT2D eigenvalue weighted by atomic mass is 19.4. The summed E-state index contributed by atoms with van der Waals surface area (Å²) in [6.07, 6.45) is -3.18. The predicted molar refractivity (Wildman–Crippen MR) is 118 cm³/mol. The van der Waals surface area contributed by atoms with Crippen molar-refractivity contribution in [1.82, 2.24) is 19.3 Å². The van der Waals surface area contributed by atoms with Crippen LogP contribution in [0.2, 0.25) is 0 Å². The SMILES string of the molecule is O=C(c1cccn2ccnc12)N1CC[C@H](F)[C@@H](Oc2nc3ccccc3cc2OC(=O)C(F)(F)F)C1. The molecule has 0 radical (unpaired) electrons. The fourth-order valence-electron chi connectivity index (χ4n) is 4.01. The number of aromatic nitrogens is 3. The first-order valence-electron chi connectivity index (χ1n) is 10.9. The molecule has 1 aliphatic rings. The average molecular weight is 502 g/mol. The zero-order chi connectivity index (χ0) is 25.4. The Morgan fingerprint density at radius 2 is 1.89 bits per heavy atom. The highest BCUT2D eigenvalue weighted by Crippen LogP contribution is 2.33. The van der Waals surface area contributed by atoms with Gasteiger partial charge in [-0.15, -0.1) is 0 Å². The maximum Gasteiger partial charge on any atom is 0.491 e. The lowest BCUT2D eigenvalue weighted by Crippen LogP contribution is -2.50. The van der Waals surface area contributed by atoms with Gasteiger partial charge in [0.25, 0.3) is 11.8 Å². The molecule has 186 valence electrons. The molecule has 1 saturated heterocycles. The first-order chi connectivity index (χ1) is 17.2. The molecule has 0 aliphatic carbocycles. The van der Waals surface area contributed by atoms with E-state index in [9.17, 15) is 27.2 Å². The summed E-state index contributed by atoms with van der Waals surface area (Å²) in [6.45, 7) is -0.106. The largest absolute Gasteiger partial charge is 0.491 e. The summed E-state index contributed by atoms with van der Waals surface area (Å²) in [4.78, 5) is 34.4. The zero-order valence-corrected chi connectivity index (χ0v) is 18.5. The third-order valence-electron chi connectivity index (χ3n) is 5.77. The third-order valence-corrected chi connectivity index (χ3v) is 5.77. The Balaban J connectivity index is 1.43. The normalized spacial score (nSPS) is 18.4. The zero-order valence-electron chi connectivity index (χ0n) is 18.5. The quantitative estimate of drug-likeness (QED) is 0.310. The van der Waals surface area contributed by atoms with E-state index in [0.29, 0.717) is 22.1 Å². The van der Waals surface area contributed by atoms with Gasteiger partial charge < -0.3 is 18.8 Å². The number of amides is 1. The maximum atomic E-state index is 14.9. The van der Waals surface area contributed by atoms with Gasteiger partial charge in [-0.05, 0) is 30.7 Å². The number of hydrogen-bond donors (Lipinski definition) is 0. The van der Waals surface area contributed by atoms with Gasteiger partial charge in [-0.3, -0.25) is 4.79 Å². The van der Waals surface area contributed by atoms with Gasteiger partial charge in [0.15, 0.2) is 5.75 Å². The number of alkyl halides is 4. The molecule has 2 atom stereocenters. The first-order valence-corrected chi connectivity index (χ1v) is 10.9. The van der Waals surface area contributed by atoms with Crippen LogP contribution < -0.4 is 9.47 Å². The number of imidazole rings is 1. The van der Waals surface area contributed by atoms with Crippen molar-refractivity contribution in [2.24, 2.45) is 0 Å². The van der Waals surface area contributed by atoms with Crippen LogP contribution in [0, 0.1) is 0 Å². The van der Waals surface area contributed by atoms with E-state index in [4.69, 9.17) is 4.74 Å². The summed E-state index contributed by atoms with van der Waals surface area (Å²) in [5, 5.41) is 0.389. The second-order valence-electron chi connectivity index (χ2n) is 8.16. The molecule has 0 bridgehead atoms. The molecule has 1 aromatic carbocycles. The lowest BCUT2D eigenvalue weighted by atomic mass is 10.0. The number of fused-ring (bicyclic) bond motifs is 2. The first kappa shape index (κ1) is 23.5. The topological polar surface area (TPSA) is 86.0 Å². The number of rotatable bonds is 4. The van der Waals surface area contributed by atoms with E-state index in [0.717, 1.165) is 0 Å². The van der Waals surface area contributed by atoms with Crippen LogP contribution in [0.5, 0.6) is 11.6 Å². The molecular weight excluding hydrogens is 484 g/mol. The minimum Gasteiger partial charge on any atom is -0.467 e. The number of halogens is 4. The van der Waals surface area contributed by atoms with Gasteiger partial charge in [0.2, 0.25) is 0 Å². The van der Waals surface area contributed by atoms with Crippen molar-refractivity contribution in [3.05, 3.63) is 66.6 Å². The van der Waals surface area contributed by atoms with Gasteiger partial charge >= 0.3 is 12.1 Å². The number of carbonyl (C=O) groups excluding carboxylic acids is 2. The number of ether oxygens (including phenoxy) is 2. The van der Waals surface area contributed by atoms with Gasteiger partial charge in [0, 0.05) is 30.5 Å².